The quantitative estimate of drug-likeness (QED) is 0.878. The van der Waals surface area contributed by atoms with Crippen LogP contribution in [-0.2, 0) is 10.2 Å². The van der Waals surface area contributed by atoms with E-state index in [1.54, 1.807) is 6.07 Å². The van der Waals surface area contributed by atoms with Crippen molar-refractivity contribution >= 4 is 17.8 Å². The summed E-state index contributed by atoms with van der Waals surface area (Å²) in [6.07, 6.45) is 1.37. The van der Waals surface area contributed by atoms with Crippen LogP contribution in [0.2, 0.25) is 0 Å². The normalized spacial score (nSPS) is 12.7. The summed E-state index contributed by atoms with van der Waals surface area (Å²) < 4.78 is 0. The predicted octanol–water partition coefficient (Wildman–Crippen LogP) is 1.71. The van der Waals surface area contributed by atoms with Gasteiger partial charge in [0.15, 0.2) is 0 Å². The third-order valence-electron chi connectivity index (χ3n) is 2.93. The first kappa shape index (κ1) is 15.9. The number of nitrogens with one attached hydrogen (secondary N) is 1. The molecular formula is C13H20N4O3. The van der Waals surface area contributed by atoms with Gasteiger partial charge in [0.05, 0.1) is 5.69 Å². The maximum atomic E-state index is 11.9. The van der Waals surface area contributed by atoms with E-state index in [4.69, 9.17) is 5.11 Å². The van der Waals surface area contributed by atoms with Crippen LogP contribution in [0.3, 0.4) is 0 Å². The summed E-state index contributed by atoms with van der Waals surface area (Å²) in [5.41, 5.74) is 0.625. The number of anilines is 1. The van der Waals surface area contributed by atoms with Crippen LogP contribution in [0.1, 0.15) is 33.4 Å². The Bertz CT molecular complexity index is 511. The molecule has 1 aromatic rings. The van der Waals surface area contributed by atoms with Crippen molar-refractivity contribution in [2.24, 2.45) is 0 Å². The van der Waals surface area contributed by atoms with E-state index in [-0.39, 0.29) is 5.41 Å². The van der Waals surface area contributed by atoms with Crippen molar-refractivity contribution in [3.05, 3.63) is 18.1 Å². The number of carbonyl (C=O) groups excluding carboxylic acids is 1. The summed E-state index contributed by atoms with van der Waals surface area (Å²) in [6.45, 7) is 7.43. The van der Waals surface area contributed by atoms with Gasteiger partial charge in [-0.25, -0.2) is 19.6 Å². The minimum atomic E-state index is -1.07. The molecule has 0 bridgehead atoms. The molecule has 110 valence electrons. The first-order valence-corrected chi connectivity index (χ1v) is 6.22. The van der Waals surface area contributed by atoms with Crippen LogP contribution in [0.4, 0.5) is 10.6 Å². The summed E-state index contributed by atoms with van der Waals surface area (Å²) in [6, 6.07) is 0.231. The van der Waals surface area contributed by atoms with E-state index in [1.807, 2.05) is 20.8 Å². The predicted molar refractivity (Wildman–Crippen MR) is 74.6 cm³/mol. The van der Waals surface area contributed by atoms with Crippen LogP contribution in [0.15, 0.2) is 12.4 Å². The van der Waals surface area contributed by atoms with Gasteiger partial charge >= 0.3 is 12.0 Å². The zero-order valence-corrected chi connectivity index (χ0v) is 12.3. The van der Waals surface area contributed by atoms with Gasteiger partial charge < -0.3 is 10.0 Å². The Morgan fingerprint density at radius 2 is 1.95 bits per heavy atom. The number of carboxylic acid groups (broad SMARTS) is 1. The lowest BCUT2D eigenvalue weighted by Crippen LogP contribution is -2.42. The van der Waals surface area contributed by atoms with E-state index in [1.165, 1.54) is 20.3 Å². The van der Waals surface area contributed by atoms with Crippen molar-refractivity contribution < 1.29 is 14.7 Å². The molecule has 0 aliphatic rings. The molecule has 0 radical (unpaired) electrons. The molecule has 20 heavy (non-hydrogen) atoms. The largest absolute Gasteiger partial charge is 0.480 e. The van der Waals surface area contributed by atoms with Crippen LogP contribution in [0, 0.1) is 0 Å². The van der Waals surface area contributed by atoms with Gasteiger partial charge in [-0.05, 0) is 6.92 Å². The SMILES string of the molecule is C[C@@H](C(=O)O)N(C)C(=O)Nc1cc(C(C)(C)C)ncn1. The molecule has 0 fully saturated rings. The highest BCUT2D eigenvalue weighted by molar-refractivity contribution is 5.91. The number of nitrogens with zero attached hydrogens (tertiary/aromatic N) is 3. The lowest BCUT2D eigenvalue weighted by Gasteiger charge is -2.22. The topological polar surface area (TPSA) is 95.4 Å². The van der Waals surface area contributed by atoms with Crippen molar-refractivity contribution in [3.8, 4) is 0 Å². The Morgan fingerprint density at radius 1 is 1.35 bits per heavy atom. The molecule has 0 aliphatic carbocycles. The number of amides is 2. The van der Waals surface area contributed by atoms with E-state index < -0.39 is 18.0 Å². The molecule has 1 heterocycles. The Hall–Kier alpha value is -2.18. The average Bonchev–Trinajstić information content (AvgIpc) is 2.36. The van der Waals surface area contributed by atoms with Gasteiger partial charge in [-0.2, -0.15) is 0 Å². The molecule has 1 atom stereocenters. The second kappa shape index (κ2) is 5.85. The lowest BCUT2D eigenvalue weighted by atomic mass is 9.92. The van der Waals surface area contributed by atoms with Crippen LogP contribution in [-0.4, -0.2) is 45.1 Å². The highest BCUT2D eigenvalue weighted by atomic mass is 16.4. The molecule has 7 nitrogen and oxygen atoms in total. The second-order valence-electron chi connectivity index (χ2n) is 5.59. The highest BCUT2D eigenvalue weighted by Gasteiger charge is 2.22. The number of likely N-dealkylation sites (N-methyl/N-ethyl adjacent to an activating group) is 1. The van der Waals surface area contributed by atoms with Gasteiger partial charge in [-0.15, -0.1) is 0 Å². The van der Waals surface area contributed by atoms with Crippen molar-refractivity contribution in [2.75, 3.05) is 12.4 Å². The summed E-state index contributed by atoms with van der Waals surface area (Å²) in [5.74, 6) is -0.722. The van der Waals surface area contributed by atoms with Gasteiger partial charge in [-0.1, -0.05) is 20.8 Å². The van der Waals surface area contributed by atoms with Gasteiger partial charge in [-0.3, -0.25) is 5.32 Å². The number of aliphatic carboxylic acids is 1. The number of rotatable bonds is 3. The Labute approximate surface area is 118 Å². The Morgan fingerprint density at radius 3 is 2.45 bits per heavy atom. The highest BCUT2D eigenvalue weighted by Crippen LogP contribution is 2.21. The van der Waals surface area contributed by atoms with Crippen molar-refractivity contribution in [1.82, 2.24) is 14.9 Å². The van der Waals surface area contributed by atoms with Crippen molar-refractivity contribution in [1.29, 1.82) is 0 Å². The molecule has 0 saturated carbocycles. The van der Waals surface area contributed by atoms with Crippen LogP contribution in [0.5, 0.6) is 0 Å². The Kier molecular flexibility index (Phi) is 4.65. The van der Waals surface area contributed by atoms with E-state index in [0.717, 1.165) is 10.6 Å². The molecular weight excluding hydrogens is 260 g/mol. The standard InChI is InChI=1S/C13H20N4O3/c1-8(11(18)19)17(5)12(20)16-10-6-9(13(2,3)4)14-7-15-10/h6-8H,1-5H3,(H,18,19)(H,14,15,16,20)/t8-/m0/s1. The van der Waals surface area contributed by atoms with Crippen LogP contribution < -0.4 is 5.32 Å². The zero-order chi connectivity index (χ0) is 15.5. The minimum Gasteiger partial charge on any atom is -0.480 e. The molecule has 1 rings (SSSR count). The average molecular weight is 280 g/mol. The monoisotopic (exact) mass is 280 g/mol. The maximum Gasteiger partial charge on any atom is 0.326 e. The van der Waals surface area contributed by atoms with Crippen molar-refractivity contribution in [3.63, 3.8) is 0 Å². The number of aromatic nitrogens is 2. The third kappa shape index (κ3) is 3.91. The second-order valence-corrected chi connectivity index (χ2v) is 5.59. The van der Waals surface area contributed by atoms with Crippen molar-refractivity contribution in [2.45, 2.75) is 39.2 Å². The smallest absolute Gasteiger partial charge is 0.326 e. The fourth-order valence-electron chi connectivity index (χ4n) is 1.38. The summed E-state index contributed by atoms with van der Waals surface area (Å²) >= 11 is 0. The molecule has 0 aliphatic heterocycles. The lowest BCUT2D eigenvalue weighted by molar-refractivity contribution is -0.141. The van der Waals surface area contributed by atoms with E-state index in [9.17, 15) is 9.59 Å². The number of hydrogen-bond acceptors (Lipinski definition) is 4. The molecule has 7 heteroatoms. The van der Waals surface area contributed by atoms with E-state index in [2.05, 4.69) is 15.3 Å². The molecule has 0 unspecified atom stereocenters. The first-order valence-electron chi connectivity index (χ1n) is 6.22. The molecule has 2 amide bonds. The van der Waals surface area contributed by atoms with Crippen LogP contribution >= 0.6 is 0 Å². The fourth-order valence-corrected chi connectivity index (χ4v) is 1.38. The molecule has 0 aromatic carbocycles. The number of carbonyl (C=O) groups is 2. The zero-order valence-electron chi connectivity index (χ0n) is 12.3. The Balaban J connectivity index is 2.84. The number of hydrogen-bond donors (Lipinski definition) is 2. The summed E-state index contributed by atoms with van der Waals surface area (Å²) in [4.78, 5) is 32.0. The summed E-state index contributed by atoms with van der Waals surface area (Å²) in [7, 11) is 1.42. The third-order valence-corrected chi connectivity index (χ3v) is 2.93. The van der Waals surface area contributed by atoms with Crippen LogP contribution in [0.25, 0.3) is 0 Å². The maximum absolute atomic E-state index is 11.9. The molecule has 1 aromatic heterocycles. The van der Waals surface area contributed by atoms with E-state index in [0.29, 0.717) is 5.82 Å². The molecule has 2 N–H and O–H groups in total. The van der Waals surface area contributed by atoms with Gasteiger partial charge in [0.2, 0.25) is 0 Å². The van der Waals surface area contributed by atoms with Gasteiger partial charge in [0.25, 0.3) is 0 Å². The minimum absolute atomic E-state index is 0.164. The summed E-state index contributed by atoms with van der Waals surface area (Å²) in [5, 5.41) is 11.4. The van der Waals surface area contributed by atoms with Gasteiger partial charge in [0, 0.05) is 18.5 Å². The van der Waals surface area contributed by atoms with Gasteiger partial charge in [0.1, 0.15) is 18.2 Å². The fraction of sp³-hybridized carbons (Fsp3) is 0.538. The molecule has 0 saturated heterocycles. The van der Waals surface area contributed by atoms with E-state index >= 15 is 0 Å². The number of urea groups is 1. The molecule has 0 spiro atoms. The first-order chi connectivity index (χ1) is 9.12. The number of carboxylic acids is 1.